The molecule has 4 nitrogen and oxygen atoms in total. The summed E-state index contributed by atoms with van der Waals surface area (Å²) in [6.45, 7) is 6.21. The van der Waals surface area contributed by atoms with Crippen molar-refractivity contribution in [3.63, 3.8) is 0 Å². The molecule has 1 aromatic carbocycles. The van der Waals surface area contributed by atoms with Crippen LogP contribution in [0.2, 0.25) is 0 Å². The zero-order valence-electron chi connectivity index (χ0n) is 12.6. The lowest BCUT2D eigenvalue weighted by Crippen LogP contribution is -2.06. The minimum atomic E-state index is -0.121. The van der Waals surface area contributed by atoms with Crippen LogP contribution in [0.5, 0.6) is 0 Å². The van der Waals surface area contributed by atoms with Crippen molar-refractivity contribution in [1.82, 2.24) is 4.98 Å². The van der Waals surface area contributed by atoms with E-state index in [-0.39, 0.29) is 12.0 Å². The molecular formula is C17H20N2O2. The van der Waals surface area contributed by atoms with Crippen LogP contribution in [-0.4, -0.2) is 17.5 Å². The van der Waals surface area contributed by atoms with Crippen LogP contribution in [-0.2, 0) is 9.53 Å². The summed E-state index contributed by atoms with van der Waals surface area (Å²) in [6.07, 6.45) is 1.86. The number of carbonyl (C=O) groups excluding carboxylic acids is 1. The van der Waals surface area contributed by atoms with Crippen molar-refractivity contribution in [2.75, 3.05) is 11.9 Å². The Hall–Kier alpha value is -2.20. The van der Waals surface area contributed by atoms with E-state index in [4.69, 9.17) is 4.74 Å². The van der Waals surface area contributed by atoms with Gasteiger partial charge in [-0.3, -0.25) is 4.79 Å². The number of hydrogen-bond donors (Lipinski definition) is 1. The molecule has 0 radical (unpaired) electrons. The fourth-order valence-corrected chi connectivity index (χ4v) is 2.11. The van der Waals surface area contributed by atoms with Gasteiger partial charge in [-0.15, -0.1) is 0 Å². The molecule has 0 saturated heterocycles. The zero-order valence-corrected chi connectivity index (χ0v) is 12.6. The molecule has 1 amide bonds. The number of nitrogens with zero attached hydrogens (tertiary/aromatic N) is 1. The van der Waals surface area contributed by atoms with Gasteiger partial charge in [-0.05, 0) is 37.1 Å². The highest BCUT2D eigenvalue weighted by Crippen LogP contribution is 2.23. The second-order valence-corrected chi connectivity index (χ2v) is 4.83. The van der Waals surface area contributed by atoms with Crippen LogP contribution in [0.25, 0.3) is 11.1 Å². The van der Waals surface area contributed by atoms with Gasteiger partial charge in [-0.1, -0.05) is 24.3 Å². The second-order valence-electron chi connectivity index (χ2n) is 4.83. The molecule has 110 valence electrons. The number of rotatable bonds is 5. The van der Waals surface area contributed by atoms with Gasteiger partial charge < -0.3 is 10.1 Å². The van der Waals surface area contributed by atoms with Crippen molar-refractivity contribution in [2.24, 2.45) is 0 Å². The maximum atomic E-state index is 11.0. The van der Waals surface area contributed by atoms with Crippen molar-refractivity contribution in [3.8, 4) is 11.1 Å². The van der Waals surface area contributed by atoms with E-state index < -0.39 is 0 Å². The molecule has 0 aliphatic rings. The second kappa shape index (κ2) is 6.99. The summed E-state index contributed by atoms with van der Waals surface area (Å²) in [6, 6.07) is 12.0. The van der Waals surface area contributed by atoms with E-state index in [0.717, 1.165) is 16.7 Å². The topological polar surface area (TPSA) is 51.2 Å². The Morgan fingerprint density at radius 1 is 1.19 bits per heavy atom. The average molecular weight is 284 g/mol. The number of nitrogens with one attached hydrogen (secondary N) is 1. The Labute approximate surface area is 125 Å². The fourth-order valence-electron chi connectivity index (χ4n) is 2.11. The normalized spacial score (nSPS) is 12.0. The molecule has 2 aromatic rings. The quantitative estimate of drug-likeness (QED) is 0.908. The lowest BCUT2D eigenvalue weighted by molar-refractivity contribution is -0.114. The summed E-state index contributed by atoms with van der Waals surface area (Å²) in [5.74, 6) is 0.442. The minimum Gasteiger partial charge on any atom is -0.374 e. The fraction of sp³-hybridized carbons (Fsp3) is 0.294. The standard InChI is InChI=1S/C17H20N2O2/c1-4-21-12(2)14-5-7-15(8-6-14)16-9-10-17(18-11-16)19-13(3)20/h5-12H,4H2,1-3H3,(H,18,19,20). The molecule has 1 atom stereocenters. The molecule has 1 heterocycles. The number of ether oxygens (including phenoxy) is 1. The summed E-state index contributed by atoms with van der Waals surface area (Å²) >= 11 is 0. The summed E-state index contributed by atoms with van der Waals surface area (Å²) < 4.78 is 5.57. The molecule has 0 bridgehead atoms. The summed E-state index contributed by atoms with van der Waals surface area (Å²) in [4.78, 5) is 15.2. The third kappa shape index (κ3) is 4.13. The van der Waals surface area contributed by atoms with Crippen LogP contribution in [0.4, 0.5) is 5.82 Å². The van der Waals surface area contributed by atoms with Gasteiger partial charge in [-0.2, -0.15) is 0 Å². The van der Waals surface area contributed by atoms with Crippen LogP contribution >= 0.6 is 0 Å². The van der Waals surface area contributed by atoms with E-state index in [1.54, 1.807) is 12.3 Å². The zero-order chi connectivity index (χ0) is 15.2. The number of anilines is 1. The summed E-state index contributed by atoms with van der Waals surface area (Å²) in [5.41, 5.74) is 3.26. The van der Waals surface area contributed by atoms with Crippen LogP contribution in [0.15, 0.2) is 42.6 Å². The third-order valence-corrected chi connectivity index (χ3v) is 3.20. The lowest BCUT2D eigenvalue weighted by Gasteiger charge is -2.12. The largest absolute Gasteiger partial charge is 0.374 e. The predicted octanol–water partition coefficient (Wildman–Crippen LogP) is 3.80. The van der Waals surface area contributed by atoms with E-state index in [1.165, 1.54) is 6.92 Å². The van der Waals surface area contributed by atoms with Gasteiger partial charge >= 0.3 is 0 Å². The van der Waals surface area contributed by atoms with Crippen LogP contribution in [0, 0.1) is 0 Å². The predicted molar refractivity (Wildman–Crippen MR) is 84.0 cm³/mol. The molecule has 0 saturated carbocycles. The molecule has 0 aliphatic carbocycles. The third-order valence-electron chi connectivity index (χ3n) is 3.20. The number of carbonyl (C=O) groups is 1. The highest BCUT2D eigenvalue weighted by atomic mass is 16.5. The molecule has 1 aromatic heterocycles. The maximum Gasteiger partial charge on any atom is 0.222 e. The number of aromatic nitrogens is 1. The Morgan fingerprint density at radius 2 is 1.86 bits per heavy atom. The van der Waals surface area contributed by atoms with Crippen molar-refractivity contribution >= 4 is 11.7 Å². The van der Waals surface area contributed by atoms with Crippen LogP contribution in [0.1, 0.15) is 32.4 Å². The van der Waals surface area contributed by atoms with Crippen molar-refractivity contribution < 1.29 is 9.53 Å². The van der Waals surface area contributed by atoms with E-state index in [2.05, 4.69) is 34.6 Å². The first-order valence-corrected chi connectivity index (χ1v) is 7.05. The van der Waals surface area contributed by atoms with Gasteiger partial charge in [0.1, 0.15) is 5.82 Å². The molecule has 4 heteroatoms. The maximum absolute atomic E-state index is 11.0. The summed E-state index contributed by atoms with van der Waals surface area (Å²) in [7, 11) is 0. The van der Waals surface area contributed by atoms with Crippen molar-refractivity contribution in [3.05, 3.63) is 48.2 Å². The van der Waals surface area contributed by atoms with Gasteiger partial charge in [0.2, 0.25) is 5.91 Å². The highest BCUT2D eigenvalue weighted by molar-refractivity contribution is 5.87. The smallest absolute Gasteiger partial charge is 0.222 e. The van der Waals surface area contributed by atoms with E-state index in [9.17, 15) is 4.79 Å². The molecule has 0 aliphatic heterocycles. The molecule has 2 rings (SSSR count). The minimum absolute atomic E-state index is 0.101. The van der Waals surface area contributed by atoms with E-state index in [1.807, 2.05) is 19.9 Å². The van der Waals surface area contributed by atoms with Crippen molar-refractivity contribution in [1.29, 1.82) is 0 Å². The molecule has 1 unspecified atom stereocenters. The highest BCUT2D eigenvalue weighted by Gasteiger charge is 2.05. The molecule has 0 fully saturated rings. The Kier molecular flexibility index (Phi) is 5.06. The van der Waals surface area contributed by atoms with Gasteiger partial charge in [-0.25, -0.2) is 4.98 Å². The first kappa shape index (κ1) is 15.2. The lowest BCUT2D eigenvalue weighted by atomic mass is 10.0. The van der Waals surface area contributed by atoms with E-state index in [0.29, 0.717) is 12.4 Å². The SMILES string of the molecule is CCOC(C)c1ccc(-c2ccc(NC(C)=O)nc2)cc1. The van der Waals surface area contributed by atoms with Gasteiger partial charge in [0.25, 0.3) is 0 Å². The van der Waals surface area contributed by atoms with E-state index >= 15 is 0 Å². The Bertz CT molecular complexity index is 591. The van der Waals surface area contributed by atoms with Gasteiger partial charge in [0, 0.05) is 25.3 Å². The number of pyridine rings is 1. The van der Waals surface area contributed by atoms with Gasteiger partial charge in [0.05, 0.1) is 6.10 Å². The molecule has 0 spiro atoms. The number of amides is 1. The number of benzene rings is 1. The first-order chi connectivity index (χ1) is 10.1. The molecule has 1 N–H and O–H groups in total. The number of hydrogen-bond acceptors (Lipinski definition) is 3. The van der Waals surface area contributed by atoms with Crippen LogP contribution < -0.4 is 5.32 Å². The first-order valence-electron chi connectivity index (χ1n) is 7.05. The average Bonchev–Trinajstić information content (AvgIpc) is 2.48. The molecular weight excluding hydrogens is 264 g/mol. The van der Waals surface area contributed by atoms with Gasteiger partial charge in [0.15, 0.2) is 0 Å². The monoisotopic (exact) mass is 284 g/mol. The molecule has 21 heavy (non-hydrogen) atoms. The van der Waals surface area contributed by atoms with Crippen molar-refractivity contribution in [2.45, 2.75) is 26.9 Å². The Morgan fingerprint density at radius 3 is 2.38 bits per heavy atom. The Balaban J connectivity index is 2.13. The summed E-state index contributed by atoms with van der Waals surface area (Å²) in [5, 5.41) is 2.65. The van der Waals surface area contributed by atoms with Crippen LogP contribution in [0.3, 0.4) is 0 Å².